The van der Waals surface area contributed by atoms with E-state index in [0.29, 0.717) is 22.0 Å². The number of benzene rings is 3. The van der Waals surface area contributed by atoms with Crippen molar-refractivity contribution < 1.29 is 0 Å². The molecule has 8 nitrogen and oxygen atoms in total. The molecule has 5 rings (SSSR count). The Morgan fingerprint density at radius 2 is 1.56 bits per heavy atom. The molecule has 0 amide bonds. The zero-order valence-electron chi connectivity index (χ0n) is 17.0. The summed E-state index contributed by atoms with van der Waals surface area (Å²) in [4.78, 5) is 12.3. The minimum atomic E-state index is -0.0521. The molecule has 0 saturated carbocycles. The number of nitriles is 3. The second kappa shape index (κ2) is 6.67. The molecule has 2 aromatic heterocycles. The minimum absolute atomic E-state index is 0.0360. The Kier molecular flexibility index (Phi) is 3.93. The monoisotopic (exact) mass is 412 g/mol. The molecule has 5 aromatic rings. The van der Waals surface area contributed by atoms with Gasteiger partial charge in [0.15, 0.2) is 11.1 Å². The summed E-state index contributed by atoms with van der Waals surface area (Å²) in [5.41, 5.74) is 3.64. The van der Waals surface area contributed by atoms with E-state index in [-0.39, 0.29) is 11.3 Å². The van der Waals surface area contributed by atoms with Crippen LogP contribution in [0.4, 0.5) is 0 Å². The van der Waals surface area contributed by atoms with Crippen LogP contribution >= 0.6 is 0 Å². The largest absolute Gasteiger partial charge is 0.336 e. The van der Waals surface area contributed by atoms with E-state index in [1.54, 1.807) is 23.2 Å². The van der Waals surface area contributed by atoms with Crippen molar-refractivity contribution in [2.24, 2.45) is 14.1 Å². The fraction of sp³-hybridized carbons (Fsp3) is 0.0833. The van der Waals surface area contributed by atoms with Crippen LogP contribution in [0.5, 0.6) is 0 Å². The van der Waals surface area contributed by atoms with Crippen LogP contribution in [0.25, 0.3) is 59.7 Å². The third-order valence-corrected chi connectivity index (χ3v) is 5.72. The number of aryl methyl sites for hydroxylation is 2. The van der Waals surface area contributed by atoms with Crippen LogP contribution in [0.15, 0.2) is 36.4 Å². The Morgan fingerprint density at radius 3 is 2.25 bits per heavy atom. The zero-order valence-corrected chi connectivity index (χ0v) is 17.0. The maximum Gasteiger partial charge on any atom is 0.303 e. The molecule has 0 aliphatic heterocycles. The van der Waals surface area contributed by atoms with Crippen molar-refractivity contribution in [3.63, 3.8) is 0 Å². The van der Waals surface area contributed by atoms with E-state index < -0.39 is 0 Å². The van der Waals surface area contributed by atoms with Gasteiger partial charge in [-0.1, -0.05) is 18.2 Å². The normalized spacial score (nSPS) is 11.8. The van der Waals surface area contributed by atoms with Gasteiger partial charge in [-0.3, -0.25) is 0 Å². The van der Waals surface area contributed by atoms with E-state index in [0.717, 1.165) is 32.6 Å². The number of aromatic nitrogens is 4. The summed E-state index contributed by atoms with van der Waals surface area (Å²) in [6.45, 7) is 7.24. The molecule has 32 heavy (non-hydrogen) atoms. The van der Waals surface area contributed by atoms with Gasteiger partial charge in [0.25, 0.3) is 0 Å². The third kappa shape index (κ3) is 2.39. The highest BCUT2D eigenvalue weighted by molar-refractivity contribution is 6.17. The molecule has 0 fully saturated rings. The number of fused-ring (bicyclic) bond motifs is 6. The van der Waals surface area contributed by atoms with Crippen LogP contribution in [-0.2, 0) is 14.1 Å². The van der Waals surface area contributed by atoms with Crippen molar-refractivity contribution in [1.29, 1.82) is 15.8 Å². The molecule has 0 unspecified atom stereocenters. The van der Waals surface area contributed by atoms with Gasteiger partial charge in [0.05, 0.1) is 34.7 Å². The van der Waals surface area contributed by atoms with E-state index in [4.69, 9.17) is 6.57 Å². The Labute approximate surface area is 181 Å². The van der Waals surface area contributed by atoms with Gasteiger partial charge < -0.3 is 9.13 Å². The molecule has 2 heterocycles. The Bertz CT molecular complexity index is 1910. The Hall–Kier alpha value is -5.18. The number of hydrogen-bond acceptors (Lipinski definition) is 5. The standard InChI is InChI=1S/C24H12N8/c1-28-20(12-27)24-30-19-8-13-4-5-16-15(17(13)9-21(19)31(24)2)6-7-18-22(16)32(3)23(29-18)14(10-25)11-26/h4-9H,2-3H3/b24-20+. The lowest BCUT2D eigenvalue weighted by Crippen LogP contribution is -2.17. The Morgan fingerprint density at radius 1 is 0.844 bits per heavy atom. The molecule has 0 aliphatic carbocycles. The second-order valence-electron chi connectivity index (χ2n) is 7.32. The summed E-state index contributed by atoms with van der Waals surface area (Å²) in [7, 11) is 3.58. The van der Waals surface area contributed by atoms with Crippen LogP contribution in [0, 0.1) is 40.6 Å². The molecule has 0 saturated heterocycles. The molecule has 0 atom stereocenters. The average Bonchev–Trinajstić information content (AvgIpc) is 3.31. The highest BCUT2D eigenvalue weighted by Crippen LogP contribution is 2.32. The molecule has 0 radical (unpaired) electrons. The van der Waals surface area contributed by atoms with Crippen LogP contribution in [0.3, 0.4) is 0 Å². The van der Waals surface area contributed by atoms with Gasteiger partial charge in [-0.25, -0.2) is 20.1 Å². The van der Waals surface area contributed by atoms with Crippen LogP contribution in [-0.4, -0.2) is 19.1 Å². The van der Waals surface area contributed by atoms with Crippen molar-refractivity contribution in [2.75, 3.05) is 0 Å². The van der Waals surface area contributed by atoms with Gasteiger partial charge in [0, 0.05) is 19.5 Å². The van der Waals surface area contributed by atoms with Gasteiger partial charge in [-0.05, 0) is 34.4 Å². The smallest absolute Gasteiger partial charge is 0.303 e. The highest BCUT2D eigenvalue weighted by Gasteiger charge is 2.14. The Balaban J connectivity index is 1.96. The average molecular weight is 412 g/mol. The molecular weight excluding hydrogens is 400 g/mol. The first-order valence-corrected chi connectivity index (χ1v) is 9.53. The maximum atomic E-state index is 9.28. The van der Waals surface area contributed by atoms with Crippen LogP contribution in [0.1, 0.15) is 0 Å². The van der Waals surface area contributed by atoms with Gasteiger partial charge >= 0.3 is 5.70 Å². The molecule has 0 aliphatic rings. The molecule has 3 aromatic carbocycles. The van der Waals surface area contributed by atoms with Crippen molar-refractivity contribution in [2.45, 2.75) is 0 Å². The zero-order chi connectivity index (χ0) is 22.6. The SMILES string of the molecule is [C-]#[N+]/C(C#N)=c1\nc2cc3ccc4c(ccc5nc(=C(C#N)C#N)n(C)c54)c3cc2n1C. The summed E-state index contributed by atoms with van der Waals surface area (Å²) in [6.07, 6.45) is 0. The van der Waals surface area contributed by atoms with Gasteiger partial charge in [0.1, 0.15) is 17.6 Å². The van der Waals surface area contributed by atoms with Crippen molar-refractivity contribution in [1.82, 2.24) is 19.1 Å². The predicted octanol–water partition coefficient (Wildman–Crippen LogP) is 2.52. The predicted molar refractivity (Wildman–Crippen MR) is 120 cm³/mol. The fourth-order valence-electron chi connectivity index (χ4n) is 4.22. The number of rotatable bonds is 0. The summed E-state index contributed by atoms with van der Waals surface area (Å²) < 4.78 is 3.53. The minimum Gasteiger partial charge on any atom is -0.336 e. The molecule has 0 N–H and O–H groups in total. The quantitative estimate of drug-likeness (QED) is 0.287. The van der Waals surface area contributed by atoms with Crippen LogP contribution < -0.4 is 11.0 Å². The maximum absolute atomic E-state index is 9.28. The topological polar surface area (TPSA) is 111 Å². The number of nitrogens with zero attached hydrogens (tertiary/aromatic N) is 8. The lowest BCUT2D eigenvalue weighted by Gasteiger charge is -2.07. The van der Waals surface area contributed by atoms with Crippen molar-refractivity contribution in [3.8, 4) is 18.2 Å². The molecule has 0 spiro atoms. The molecule has 0 bridgehead atoms. The first kappa shape index (κ1) is 18.8. The van der Waals surface area contributed by atoms with E-state index in [1.807, 2.05) is 54.6 Å². The van der Waals surface area contributed by atoms with E-state index in [2.05, 4.69) is 14.8 Å². The van der Waals surface area contributed by atoms with Gasteiger partial charge in [-0.15, -0.1) is 0 Å². The summed E-state index contributed by atoms with van der Waals surface area (Å²) in [5, 5.41) is 31.7. The lowest BCUT2D eigenvalue weighted by molar-refractivity contribution is 0.896. The van der Waals surface area contributed by atoms with Crippen molar-refractivity contribution >= 4 is 54.9 Å². The molecule has 148 valence electrons. The van der Waals surface area contributed by atoms with E-state index in [1.165, 1.54) is 0 Å². The summed E-state index contributed by atoms with van der Waals surface area (Å²) in [5.74, 6) is 0. The lowest BCUT2D eigenvalue weighted by atomic mass is 10.0. The molecular formula is C24H12N8. The van der Waals surface area contributed by atoms with E-state index in [9.17, 15) is 15.8 Å². The van der Waals surface area contributed by atoms with Crippen LogP contribution in [0.2, 0.25) is 0 Å². The third-order valence-electron chi connectivity index (χ3n) is 5.72. The van der Waals surface area contributed by atoms with Gasteiger partial charge in [-0.2, -0.15) is 10.5 Å². The molecule has 8 heteroatoms. The number of hydrogen-bond donors (Lipinski definition) is 0. The van der Waals surface area contributed by atoms with Gasteiger partial charge in [0.2, 0.25) is 0 Å². The summed E-state index contributed by atoms with van der Waals surface area (Å²) in [6, 6.07) is 17.5. The summed E-state index contributed by atoms with van der Waals surface area (Å²) >= 11 is 0. The number of imidazole rings is 2. The van der Waals surface area contributed by atoms with E-state index >= 15 is 0 Å². The van der Waals surface area contributed by atoms with Crippen molar-refractivity contribution in [3.05, 3.63) is 58.8 Å². The first-order chi connectivity index (χ1) is 15.5. The highest BCUT2D eigenvalue weighted by atomic mass is 15.1. The second-order valence-corrected chi connectivity index (χ2v) is 7.32. The first-order valence-electron chi connectivity index (χ1n) is 9.53. The fourth-order valence-corrected chi connectivity index (χ4v) is 4.22.